The lowest BCUT2D eigenvalue weighted by Crippen LogP contribution is -2.25. The molecule has 0 saturated carbocycles. The molecular formula is C18H17F2N5O2. The van der Waals surface area contributed by atoms with Crippen molar-refractivity contribution in [2.45, 2.75) is 18.8 Å². The van der Waals surface area contributed by atoms with E-state index < -0.39 is 17.6 Å². The number of ether oxygens (including phenoxy) is 1. The van der Waals surface area contributed by atoms with Crippen LogP contribution in [0.4, 0.5) is 14.6 Å². The van der Waals surface area contributed by atoms with Gasteiger partial charge in [0.25, 0.3) is 0 Å². The molecule has 2 aromatic heterocycles. The van der Waals surface area contributed by atoms with Crippen LogP contribution in [0.2, 0.25) is 0 Å². The van der Waals surface area contributed by atoms with E-state index in [2.05, 4.69) is 20.6 Å². The van der Waals surface area contributed by atoms with Crippen LogP contribution in [0.25, 0.3) is 5.69 Å². The van der Waals surface area contributed by atoms with Gasteiger partial charge in [0.15, 0.2) is 0 Å². The van der Waals surface area contributed by atoms with Gasteiger partial charge in [-0.2, -0.15) is 10.2 Å². The maximum Gasteiger partial charge on any atom is 0.232 e. The summed E-state index contributed by atoms with van der Waals surface area (Å²) < 4.78 is 33.2. The maximum absolute atomic E-state index is 13.4. The average Bonchev–Trinajstić information content (AvgIpc) is 3.21. The minimum absolute atomic E-state index is 0.243. The highest BCUT2D eigenvalue weighted by molar-refractivity contribution is 5.94. The van der Waals surface area contributed by atoms with E-state index in [9.17, 15) is 13.6 Å². The normalized spacial score (nSPS) is 15.4. The lowest BCUT2D eigenvalue weighted by Gasteiger charge is -2.23. The number of carbonyl (C=O) groups is 1. The van der Waals surface area contributed by atoms with Gasteiger partial charge >= 0.3 is 0 Å². The molecule has 7 nitrogen and oxygen atoms in total. The Morgan fingerprint density at radius 3 is 2.70 bits per heavy atom. The zero-order chi connectivity index (χ0) is 19.0. The van der Waals surface area contributed by atoms with Crippen LogP contribution in [0.1, 0.15) is 30.0 Å². The summed E-state index contributed by atoms with van der Waals surface area (Å²) in [6.07, 6.45) is 3.07. The summed E-state index contributed by atoms with van der Waals surface area (Å²) >= 11 is 0. The largest absolute Gasteiger partial charge is 0.380 e. The minimum Gasteiger partial charge on any atom is -0.380 e. The number of nitrogens with one attached hydrogen (secondary N) is 2. The third-order valence-electron chi connectivity index (χ3n) is 4.52. The first kappa shape index (κ1) is 17.3. The predicted molar refractivity (Wildman–Crippen MR) is 92.7 cm³/mol. The van der Waals surface area contributed by atoms with Crippen molar-refractivity contribution in [3.8, 4) is 5.69 Å². The Morgan fingerprint density at radius 1 is 1.30 bits per heavy atom. The molecule has 0 spiro atoms. The molecule has 3 aromatic rings. The number of benzene rings is 1. The predicted octanol–water partition coefficient (Wildman–Crippen LogP) is 2.73. The fraction of sp³-hybridized carbons (Fsp3) is 0.278. The Hall–Kier alpha value is -3.07. The Labute approximate surface area is 153 Å². The number of aromatic amines is 1. The zero-order valence-corrected chi connectivity index (χ0v) is 14.4. The lowest BCUT2D eigenvalue weighted by molar-refractivity contribution is -0.117. The van der Waals surface area contributed by atoms with Gasteiger partial charge in [-0.15, -0.1) is 0 Å². The first-order chi connectivity index (χ1) is 13.0. The topological polar surface area (TPSA) is 84.8 Å². The summed E-state index contributed by atoms with van der Waals surface area (Å²) in [7, 11) is 0. The van der Waals surface area contributed by atoms with Crippen molar-refractivity contribution in [3.05, 3.63) is 59.6 Å². The molecule has 0 radical (unpaired) electrons. The Morgan fingerprint density at radius 2 is 2.04 bits per heavy atom. The van der Waals surface area contributed by atoms with E-state index in [1.54, 1.807) is 19.2 Å². The number of anilines is 1. The molecule has 1 aliphatic rings. The molecule has 1 saturated heterocycles. The van der Waals surface area contributed by atoms with Gasteiger partial charge < -0.3 is 10.1 Å². The van der Waals surface area contributed by atoms with Gasteiger partial charge in [0.2, 0.25) is 5.91 Å². The molecule has 140 valence electrons. The quantitative estimate of drug-likeness (QED) is 0.720. The molecule has 1 aliphatic heterocycles. The van der Waals surface area contributed by atoms with Gasteiger partial charge in [-0.05, 0) is 19.1 Å². The molecule has 1 atom stereocenters. The maximum atomic E-state index is 13.4. The molecule has 2 N–H and O–H groups in total. The Kier molecular flexibility index (Phi) is 4.44. The number of carbonyl (C=O) groups excluding carboxylic acids is 1. The van der Waals surface area contributed by atoms with Crippen molar-refractivity contribution in [1.82, 2.24) is 20.0 Å². The van der Waals surface area contributed by atoms with Crippen LogP contribution in [0, 0.1) is 11.6 Å². The number of hydrogen-bond donors (Lipinski definition) is 2. The van der Waals surface area contributed by atoms with Crippen LogP contribution < -0.4 is 5.32 Å². The second-order valence-corrected chi connectivity index (χ2v) is 6.50. The van der Waals surface area contributed by atoms with Crippen molar-refractivity contribution in [1.29, 1.82) is 0 Å². The van der Waals surface area contributed by atoms with Crippen LogP contribution in [0.3, 0.4) is 0 Å². The number of halogens is 2. The molecule has 3 heterocycles. The van der Waals surface area contributed by atoms with E-state index in [-0.39, 0.29) is 17.5 Å². The molecule has 0 bridgehead atoms. The molecule has 1 fully saturated rings. The first-order valence-corrected chi connectivity index (χ1v) is 8.44. The van der Waals surface area contributed by atoms with Gasteiger partial charge in [-0.3, -0.25) is 9.89 Å². The number of rotatable bonds is 5. The first-order valence-electron chi connectivity index (χ1n) is 8.44. The SMILES string of the molecule is CC(C(=O)Nc1cc(C2COC2)n[nH]1)c1cnn(-c2cc(F)cc(F)c2)c1. The van der Waals surface area contributed by atoms with E-state index in [0.29, 0.717) is 24.6 Å². The third kappa shape index (κ3) is 3.59. The second-order valence-electron chi connectivity index (χ2n) is 6.50. The Balaban J connectivity index is 1.46. The summed E-state index contributed by atoms with van der Waals surface area (Å²) in [5.74, 6) is -1.39. The fourth-order valence-corrected chi connectivity index (χ4v) is 2.78. The number of hydrogen-bond acceptors (Lipinski definition) is 4. The molecule has 1 unspecified atom stereocenters. The summed E-state index contributed by atoms with van der Waals surface area (Å²) in [6.45, 7) is 2.99. The van der Waals surface area contributed by atoms with Gasteiger partial charge in [-0.25, -0.2) is 13.5 Å². The zero-order valence-electron chi connectivity index (χ0n) is 14.4. The molecule has 1 aromatic carbocycles. The van der Waals surface area contributed by atoms with E-state index >= 15 is 0 Å². The van der Waals surface area contributed by atoms with Crippen LogP contribution in [0.5, 0.6) is 0 Å². The summed E-state index contributed by atoms with van der Waals surface area (Å²) in [6, 6.07) is 4.91. The van der Waals surface area contributed by atoms with Crippen molar-refractivity contribution < 1.29 is 18.3 Å². The summed E-state index contributed by atoms with van der Waals surface area (Å²) in [5, 5.41) is 13.8. The number of nitrogens with zero attached hydrogens (tertiary/aromatic N) is 3. The molecule has 4 rings (SSSR count). The Bertz CT molecular complexity index is 960. The van der Waals surface area contributed by atoms with Gasteiger partial charge in [0.05, 0.1) is 36.7 Å². The number of amides is 1. The van der Waals surface area contributed by atoms with Crippen LogP contribution in [0.15, 0.2) is 36.7 Å². The van der Waals surface area contributed by atoms with Crippen LogP contribution in [-0.4, -0.2) is 39.1 Å². The van der Waals surface area contributed by atoms with E-state index in [1.807, 2.05) is 0 Å². The fourth-order valence-electron chi connectivity index (χ4n) is 2.78. The number of aromatic nitrogens is 4. The van der Waals surface area contributed by atoms with Gasteiger partial charge in [0, 0.05) is 29.8 Å². The van der Waals surface area contributed by atoms with Crippen molar-refractivity contribution in [3.63, 3.8) is 0 Å². The van der Waals surface area contributed by atoms with E-state index in [4.69, 9.17) is 4.74 Å². The lowest BCUT2D eigenvalue weighted by atomic mass is 10.0. The molecular weight excluding hydrogens is 356 g/mol. The highest BCUT2D eigenvalue weighted by Gasteiger charge is 2.24. The average molecular weight is 373 g/mol. The summed E-state index contributed by atoms with van der Waals surface area (Å²) in [5.41, 5.74) is 1.71. The van der Waals surface area contributed by atoms with E-state index in [1.165, 1.54) is 23.0 Å². The minimum atomic E-state index is -0.695. The van der Waals surface area contributed by atoms with E-state index in [0.717, 1.165) is 11.8 Å². The highest BCUT2D eigenvalue weighted by atomic mass is 19.1. The van der Waals surface area contributed by atoms with Gasteiger partial charge in [-0.1, -0.05) is 0 Å². The van der Waals surface area contributed by atoms with Crippen molar-refractivity contribution in [2.24, 2.45) is 0 Å². The standard InChI is InChI=1S/C18H17F2N5O2/c1-10(18(26)22-17-5-16(23-24-17)12-8-27-9-12)11-6-21-25(7-11)15-3-13(19)2-14(20)4-15/h2-7,10,12H,8-9H2,1H3,(H2,22,23,24,26). The second kappa shape index (κ2) is 6.92. The number of H-pyrrole nitrogens is 1. The van der Waals surface area contributed by atoms with Gasteiger partial charge in [0.1, 0.15) is 17.5 Å². The smallest absolute Gasteiger partial charge is 0.232 e. The van der Waals surface area contributed by atoms with Crippen LogP contribution >= 0.6 is 0 Å². The molecule has 0 aliphatic carbocycles. The molecule has 9 heteroatoms. The highest BCUT2D eigenvalue weighted by Crippen LogP contribution is 2.25. The molecule has 27 heavy (non-hydrogen) atoms. The van der Waals surface area contributed by atoms with Crippen molar-refractivity contribution >= 4 is 11.7 Å². The molecule has 1 amide bonds. The summed E-state index contributed by atoms with van der Waals surface area (Å²) in [4.78, 5) is 12.5. The monoisotopic (exact) mass is 373 g/mol. The van der Waals surface area contributed by atoms with Crippen LogP contribution in [-0.2, 0) is 9.53 Å². The van der Waals surface area contributed by atoms with Crippen molar-refractivity contribution in [2.75, 3.05) is 18.5 Å². The third-order valence-corrected chi connectivity index (χ3v) is 4.52.